The van der Waals surface area contributed by atoms with Crippen LogP contribution in [0.1, 0.15) is 26.3 Å². The first-order valence-corrected chi connectivity index (χ1v) is 6.48. The van der Waals surface area contributed by atoms with E-state index in [2.05, 4.69) is 5.32 Å². The molecular formula is C14H22ClNO2. The molecule has 0 saturated heterocycles. The van der Waals surface area contributed by atoms with E-state index in [4.69, 9.17) is 16.3 Å². The highest BCUT2D eigenvalue weighted by Gasteiger charge is 2.13. The molecule has 0 bridgehead atoms. The molecule has 0 spiro atoms. The normalized spacial score (nSPS) is 13.4. The van der Waals surface area contributed by atoms with Crippen LogP contribution < -0.4 is 5.32 Å². The lowest BCUT2D eigenvalue weighted by Crippen LogP contribution is -2.30. The minimum Gasteiger partial charge on any atom is -0.389 e. The second-order valence-corrected chi connectivity index (χ2v) is 5.85. The van der Waals surface area contributed by atoms with Gasteiger partial charge in [0.2, 0.25) is 0 Å². The molecule has 1 unspecified atom stereocenters. The number of anilines is 1. The monoisotopic (exact) mass is 271 g/mol. The van der Waals surface area contributed by atoms with Crippen LogP contribution in [0.3, 0.4) is 0 Å². The largest absolute Gasteiger partial charge is 0.389 e. The zero-order valence-electron chi connectivity index (χ0n) is 11.5. The Morgan fingerprint density at radius 2 is 2.06 bits per heavy atom. The maximum atomic E-state index is 9.81. The molecule has 0 aliphatic heterocycles. The van der Waals surface area contributed by atoms with Gasteiger partial charge in [-0.3, -0.25) is 0 Å². The third-order valence-electron chi connectivity index (χ3n) is 2.44. The summed E-state index contributed by atoms with van der Waals surface area (Å²) in [6, 6.07) is 5.65. The van der Waals surface area contributed by atoms with E-state index >= 15 is 0 Å². The predicted octanol–water partition coefficient (Wildman–Crippen LogP) is 3.24. The summed E-state index contributed by atoms with van der Waals surface area (Å²) in [6.07, 6.45) is -0.539. The average molecular weight is 272 g/mol. The zero-order chi connectivity index (χ0) is 13.8. The van der Waals surface area contributed by atoms with E-state index in [1.54, 1.807) is 0 Å². The van der Waals surface area contributed by atoms with Gasteiger partial charge < -0.3 is 15.2 Å². The van der Waals surface area contributed by atoms with E-state index in [9.17, 15) is 5.11 Å². The fraction of sp³-hybridized carbons (Fsp3) is 0.571. The predicted molar refractivity (Wildman–Crippen MR) is 76.4 cm³/mol. The Kier molecular flexibility index (Phi) is 5.45. The number of hydrogen-bond acceptors (Lipinski definition) is 3. The molecule has 102 valence electrons. The van der Waals surface area contributed by atoms with Crippen molar-refractivity contribution in [2.75, 3.05) is 18.5 Å². The van der Waals surface area contributed by atoms with Crippen LogP contribution in [0, 0.1) is 6.92 Å². The quantitative estimate of drug-likeness (QED) is 0.864. The van der Waals surface area contributed by atoms with Crippen LogP contribution in [0.15, 0.2) is 18.2 Å². The summed E-state index contributed by atoms with van der Waals surface area (Å²) in [4.78, 5) is 0. The number of halogens is 1. The Morgan fingerprint density at radius 1 is 1.39 bits per heavy atom. The highest BCUT2D eigenvalue weighted by atomic mass is 35.5. The molecule has 0 heterocycles. The van der Waals surface area contributed by atoms with Gasteiger partial charge in [0, 0.05) is 17.3 Å². The minimum atomic E-state index is -0.539. The second-order valence-electron chi connectivity index (χ2n) is 5.42. The topological polar surface area (TPSA) is 41.5 Å². The average Bonchev–Trinajstić information content (AvgIpc) is 2.26. The minimum absolute atomic E-state index is 0.229. The van der Waals surface area contributed by atoms with Crippen molar-refractivity contribution in [3.8, 4) is 0 Å². The maximum Gasteiger partial charge on any atom is 0.0945 e. The molecule has 0 saturated carbocycles. The smallest absolute Gasteiger partial charge is 0.0945 e. The molecule has 4 heteroatoms. The van der Waals surface area contributed by atoms with Crippen LogP contribution in [0.2, 0.25) is 5.02 Å². The number of benzene rings is 1. The van der Waals surface area contributed by atoms with Crippen molar-refractivity contribution in [3.05, 3.63) is 28.8 Å². The van der Waals surface area contributed by atoms with Crippen LogP contribution >= 0.6 is 11.6 Å². The Morgan fingerprint density at radius 3 is 2.67 bits per heavy atom. The number of aliphatic hydroxyl groups is 1. The number of nitrogens with one attached hydrogen (secondary N) is 1. The van der Waals surface area contributed by atoms with Gasteiger partial charge in [-0.25, -0.2) is 0 Å². The lowest BCUT2D eigenvalue weighted by molar-refractivity contribution is -0.0449. The number of hydrogen-bond donors (Lipinski definition) is 2. The van der Waals surface area contributed by atoms with Gasteiger partial charge >= 0.3 is 0 Å². The summed E-state index contributed by atoms with van der Waals surface area (Å²) in [5, 5.41) is 13.7. The standard InChI is InChI=1S/C14H22ClNO2/c1-10-5-6-11(15)7-13(10)16-8-12(17)9-18-14(2,3)4/h5-7,12,16-17H,8-9H2,1-4H3. The molecule has 0 amide bonds. The molecular weight excluding hydrogens is 250 g/mol. The molecule has 3 nitrogen and oxygen atoms in total. The molecule has 0 aliphatic rings. The summed E-state index contributed by atoms with van der Waals surface area (Å²) >= 11 is 5.93. The lowest BCUT2D eigenvalue weighted by atomic mass is 10.2. The molecule has 0 fully saturated rings. The molecule has 1 atom stereocenters. The van der Waals surface area contributed by atoms with E-state index in [-0.39, 0.29) is 5.60 Å². The van der Waals surface area contributed by atoms with Gasteiger partial charge in [0.1, 0.15) is 0 Å². The van der Waals surface area contributed by atoms with Crippen LogP contribution in [-0.4, -0.2) is 30.0 Å². The number of aliphatic hydroxyl groups excluding tert-OH is 1. The van der Waals surface area contributed by atoms with E-state index in [1.807, 2.05) is 45.9 Å². The third kappa shape index (κ3) is 5.71. The van der Waals surface area contributed by atoms with Gasteiger partial charge in [-0.2, -0.15) is 0 Å². The Hall–Kier alpha value is -0.770. The Bertz CT molecular complexity index is 388. The Balaban J connectivity index is 2.42. The fourth-order valence-electron chi connectivity index (χ4n) is 1.42. The van der Waals surface area contributed by atoms with Gasteiger partial charge in [-0.1, -0.05) is 17.7 Å². The summed E-state index contributed by atoms with van der Waals surface area (Å²) in [5.41, 5.74) is 1.81. The first-order chi connectivity index (χ1) is 8.28. The molecule has 2 N–H and O–H groups in total. The molecule has 1 aromatic carbocycles. The fourth-order valence-corrected chi connectivity index (χ4v) is 1.59. The second kappa shape index (κ2) is 6.41. The molecule has 1 aromatic rings. The van der Waals surface area contributed by atoms with Crippen LogP contribution in [0.25, 0.3) is 0 Å². The lowest BCUT2D eigenvalue weighted by Gasteiger charge is -2.22. The molecule has 0 radical (unpaired) electrons. The summed E-state index contributed by atoms with van der Waals surface area (Å²) < 4.78 is 5.52. The number of ether oxygens (including phenoxy) is 1. The first-order valence-electron chi connectivity index (χ1n) is 6.10. The van der Waals surface area contributed by atoms with Crippen LogP contribution in [0.4, 0.5) is 5.69 Å². The molecule has 1 rings (SSSR count). The van der Waals surface area contributed by atoms with E-state index < -0.39 is 6.10 Å². The van der Waals surface area contributed by atoms with Gasteiger partial charge in [-0.05, 0) is 45.4 Å². The number of aryl methyl sites for hydroxylation is 1. The highest BCUT2D eigenvalue weighted by molar-refractivity contribution is 6.30. The van der Waals surface area contributed by atoms with Crippen molar-refractivity contribution in [2.24, 2.45) is 0 Å². The van der Waals surface area contributed by atoms with Crippen molar-refractivity contribution in [1.29, 1.82) is 0 Å². The van der Waals surface area contributed by atoms with Crippen LogP contribution in [-0.2, 0) is 4.74 Å². The van der Waals surface area contributed by atoms with Crippen molar-refractivity contribution in [3.63, 3.8) is 0 Å². The van der Waals surface area contributed by atoms with Gasteiger partial charge in [0.15, 0.2) is 0 Å². The van der Waals surface area contributed by atoms with E-state index in [0.717, 1.165) is 11.3 Å². The van der Waals surface area contributed by atoms with E-state index in [1.165, 1.54) is 0 Å². The number of rotatable bonds is 5. The van der Waals surface area contributed by atoms with Crippen molar-refractivity contribution in [2.45, 2.75) is 39.4 Å². The molecule has 18 heavy (non-hydrogen) atoms. The first kappa shape index (κ1) is 15.3. The summed E-state index contributed by atoms with van der Waals surface area (Å²) in [7, 11) is 0. The van der Waals surface area contributed by atoms with Gasteiger partial charge in [0.25, 0.3) is 0 Å². The molecule has 0 aliphatic carbocycles. The van der Waals surface area contributed by atoms with Crippen molar-refractivity contribution in [1.82, 2.24) is 0 Å². The van der Waals surface area contributed by atoms with E-state index in [0.29, 0.717) is 18.2 Å². The summed E-state index contributed by atoms with van der Waals surface area (Å²) in [6.45, 7) is 8.65. The van der Waals surface area contributed by atoms with Gasteiger partial charge in [-0.15, -0.1) is 0 Å². The maximum absolute atomic E-state index is 9.81. The molecule has 0 aromatic heterocycles. The highest BCUT2D eigenvalue weighted by Crippen LogP contribution is 2.20. The third-order valence-corrected chi connectivity index (χ3v) is 2.67. The van der Waals surface area contributed by atoms with Crippen LogP contribution in [0.5, 0.6) is 0 Å². The van der Waals surface area contributed by atoms with Crippen molar-refractivity contribution < 1.29 is 9.84 Å². The van der Waals surface area contributed by atoms with Crippen molar-refractivity contribution >= 4 is 17.3 Å². The zero-order valence-corrected chi connectivity index (χ0v) is 12.2. The summed E-state index contributed by atoms with van der Waals surface area (Å²) in [5.74, 6) is 0. The SMILES string of the molecule is Cc1ccc(Cl)cc1NCC(O)COC(C)(C)C. The Labute approximate surface area is 114 Å². The van der Waals surface area contributed by atoms with Gasteiger partial charge in [0.05, 0.1) is 18.3 Å².